The van der Waals surface area contributed by atoms with E-state index in [1.54, 1.807) is 0 Å². The van der Waals surface area contributed by atoms with Crippen LogP contribution >= 0.6 is 0 Å². The monoisotopic (exact) mass is 243 g/mol. The van der Waals surface area contributed by atoms with Crippen LogP contribution in [0.3, 0.4) is 0 Å². The molecule has 0 aliphatic heterocycles. The van der Waals surface area contributed by atoms with Crippen LogP contribution in [-0.4, -0.2) is 37.0 Å². The van der Waals surface area contributed by atoms with Gasteiger partial charge < -0.3 is 15.2 Å². The van der Waals surface area contributed by atoms with E-state index in [0.29, 0.717) is 11.5 Å². The minimum Gasteiger partial charge on any atom is -0.394 e. The predicted octanol–water partition coefficient (Wildman–Crippen LogP) is 2.33. The molecule has 1 unspecified atom stereocenters. The highest BCUT2D eigenvalue weighted by atomic mass is 16.5. The Bertz CT molecular complexity index is 214. The molecular formula is C14H29NO2. The summed E-state index contributed by atoms with van der Waals surface area (Å²) in [7, 11) is 1.89. The molecular weight excluding hydrogens is 214 g/mol. The number of ether oxygens (including phenoxy) is 1. The molecule has 3 heteroatoms. The molecule has 102 valence electrons. The van der Waals surface area contributed by atoms with E-state index < -0.39 is 0 Å². The molecule has 1 aliphatic carbocycles. The lowest BCUT2D eigenvalue weighted by molar-refractivity contribution is -0.00749. The number of aliphatic hydroxyl groups is 1. The molecule has 0 spiro atoms. The fraction of sp³-hybridized carbons (Fsp3) is 1.00. The van der Waals surface area contributed by atoms with Crippen LogP contribution in [0.1, 0.15) is 52.9 Å². The molecule has 0 aromatic rings. The topological polar surface area (TPSA) is 41.5 Å². The third-order valence-electron chi connectivity index (χ3n) is 4.25. The molecule has 3 nitrogen and oxygen atoms in total. The summed E-state index contributed by atoms with van der Waals surface area (Å²) in [4.78, 5) is 0. The van der Waals surface area contributed by atoms with Crippen molar-refractivity contribution >= 4 is 0 Å². The molecule has 2 N–H and O–H groups in total. The lowest BCUT2D eigenvalue weighted by Crippen LogP contribution is -2.44. The third-order valence-corrected chi connectivity index (χ3v) is 4.25. The number of likely N-dealkylation sites (N-methyl/N-ethyl adjacent to an activating group) is 1. The minimum absolute atomic E-state index is 0.157. The zero-order valence-electron chi connectivity index (χ0n) is 11.9. The van der Waals surface area contributed by atoms with Crippen LogP contribution in [0.25, 0.3) is 0 Å². The van der Waals surface area contributed by atoms with Crippen molar-refractivity contribution in [2.24, 2.45) is 5.41 Å². The minimum atomic E-state index is -0.200. The molecule has 1 rings (SSSR count). The standard InChI is InChI=1S/C14H29NO2/c1-13(2)7-5-12(6-8-13)17-10-9-14(3,11-16)15-4/h12,15-16H,5-11H2,1-4H3. The van der Waals surface area contributed by atoms with Crippen molar-refractivity contribution in [3.8, 4) is 0 Å². The molecule has 17 heavy (non-hydrogen) atoms. The first-order valence-electron chi connectivity index (χ1n) is 6.82. The molecule has 0 bridgehead atoms. The quantitative estimate of drug-likeness (QED) is 0.752. The highest BCUT2D eigenvalue weighted by molar-refractivity contribution is 4.82. The smallest absolute Gasteiger partial charge is 0.0611 e. The van der Waals surface area contributed by atoms with Gasteiger partial charge in [0.05, 0.1) is 12.7 Å². The average Bonchev–Trinajstić information content (AvgIpc) is 2.31. The number of rotatable bonds is 6. The summed E-state index contributed by atoms with van der Waals surface area (Å²) in [6, 6.07) is 0. The van der Waals surface area contributed by atoms with Gasteiger partial charge in [0.1, 0.15) is 0 Å². The fourth-order valence-corrected chi connectivity index (χ4v) is 2.27. The Morgan fingerprint density at radius 1 is 1.35 bits per heavy atom. The Labute approximate surface area is 106 Å². The largest absolute Gasteiger partial charge is 0.394 e. The van der Waals surface area contributed by atoms with E-state index in [2.05, 4.69) is 19.2 Å². The normalized spacial score (nSPS) is 24.5. The Morgan fingerprint density at radius 3 is 2.41 bits per heavy atom. The van der Waals surface area contributed by atoms with Crippen molar-refractivity contribution < 1.29 is 9.84 Å². The molecule has 1 atom stereocenters. The van der Waals surface area contributed by atoms with E-state index in [-0.39, 0.29) is 12.1 Å². The second-order valence-electron chi connectivity index (χ2n) is 6.45. The molecule has 1 saturated carbocycles. The molecule has 0 saturated heterocycles. The van der Waals surface area contributed by atoms with Crippen molar-refractivity contribution in [2.45, 2.75) is 64.5 Å². The summed E-state index contributed by atoms with van der Waals surface area (Å²) in [5, 5.41) is 12.4. The summed E-state index contributed by atoms with van der Waals surface area (Å²) in [6.45, 7) is 7.61. The van der Waals surface area contributed by atoms with Crippen LogP contribution in [0.5, 0.6) is 0 Å². The molecule has 0 heterocycles. The number of hydrogen-bond donors (Lipinski definition) is 2. The lowest BCUT2D eigenvalue weighted by Gasteiger charge is -2.35. The van der Waals surface area contributed by atoms with Gasteiger partial charge in [-0.1, -0.05) is 13.8 Å². The van der Waals surface area contributed by atoms with Crippen molar-refractivity contribution in [1.82, 2.24) is 5.32 Å². The molecule has 1 fully saturated rings. The highest BCUT2D eigenvalue weighted by Gasteiger charge is 2.28. The zero-order valence-corrected chi connectivity index (χ0v) is 11.9. The maximum absolute atomic E-state index is 9.27. The first-order chi connectivity index (χ1) is 7.91. The van der Waals surface area contributed by atoms with E-state index in [9.17, 15) is 5.11 Å². The molecule has 0 radical (unpaired) electrons. The Morgan fingerprint density at radius 2 is 1.94 bits per heavy atom. The van der Waals surface area contributed by atoms with Gasteiger partial charge in [0.25, 0.3) is 0 Å². The van der Waals surface area contributed by atoms with Gasteiger partial charge in [-0.15, -0.1) is 0 Å². The first-order valence-corrected chi connectivity index (χ1v) is 6.82. The average molecular weight is 243 g/mol. The van der Waals surface area contributed by atoms with Gasteiger partial charge in [-0.2, -0.15) is 0 Å². The van der Waals surface area contributed by atoms with Gasteiger partial charge in [-0.3, -0.25) is 0 Å². The van der Waals surface area contributed by atoms with Gasteiger partial charge in [-0.25, -0.2) is 0 Å². The highest BCUT2D eigenvalue weighted by Crippen LogP contribution is 2.36. The number of hydrogen-bond acceptors (Lipinski definition) is 3. The van der Waals surface area contributed by atoms with Crippen LogP contribution in [0, 0.1) is 5.41 Å². The second kappa shape index (κ2) is 6.17. The third kappa shape index (κ3) is 4.94. The molecule has 0 aromatic heterocycles. The summed E-state index contributed by atoms with van der Waals surface area (Å²) in [5.41, 5.74) is 0.304. The number of nitrogens with one attached hydrogen (secondary N) is 1. The van der Waals surface area contributed by atoms with Gasteiger partial charge in [0.2, 0.25) is 0 Å². The van der Waals surface area contributed by atoms with Gasteiger partial charge in [-0.05, 0) is 51.5 Å². The molecule has 0 amide bonds. The van der Waals surface area contributed by atoms with Gasteiger partial charge in [0.15, 0.2) is 0 Å². The second-order valence-corrected chi connectivity index (χ2v) is 6.45. The summed E-state index contributed by atoms with van der Waals surface area (Å²) >= 11 is 0. The van der Waals surface area contributed by atoms with Crippen LogP contribution in [0.4, 0.5) is 0 Å². The number of aliphatic hydroxyl groups excluding tert-OH is 1. The van der Waals surface area contributed by atoms with E-state index >= 15 is 0 Å². The lowest BCUT2D eigenvalue weighted by atomic mass is 9.76. The van der Waals surface area contributed by atoms with Crippen LogP contribution < -0.4 is 5.32 Å². The van der Waals surface area contributed by atoms with Crippen molar-refractivity contribution in [1.29, 1.82) is 0 Å². The zero-order chi connectivity index (χ0) is 12.9. The van der Waals surface area contributed by atoms with E-state index in [4.69, 9.17) is 4.74 Å². The Hall–Kier alpha value is -0.120. The van der Waals surface area contributed by atoms with Gasteiger partial charge in [0, 0.05) is 12.1 Å². The Kier molecular flexibility index (Phi) is 5.42. The predicted molar refractivity (Wildman–Crippen MR) is 71.2 cm³/mol. The summed E-state index contributed by atoms with van der Waals surface area (Å²) in [5.74, 6) is 0. The SMILES string of the molecule is CNC(C)(CO)CCOC1CCC(C)(C)CC1. The summed E-state index contributed by atoms with van der Waals surface area (Å²) < 4.78 is 5.92. The molecule has 1 aliphatic rings. The Balaban J connectivity index is 2.20. The van der Waals surface area contributed by atoms with E-state index in [0.717, 1.165) is 13.0 Å². The van der Waals surface area contributed by atoms with Crippen molar-refractivity contribution in [3.63, 3.8) is 0 Å². The van der Waals surface area contributed by atoms with Gasteiger partial charge >= 0.3 is 0 Å². The van der Waals surface area contributed by atoms with E-state index in [1.807, 2.05) is 14.0 Å². The van der Waals surface area contributed by atoms with Crippen molar-refractivity contribution in [2.75, 3.05) is 20.3 Å². The van der Waals surface area contributed by atoms with E-state index in [1.165, 1.54) is 25.7 Å². The first kappa shape index (κ1) is 14.9. The maximum Gasteiger partial charge on any atom is 0.0611 e. The van der Waals surface area contributed by atoms with Crippen molar-refractivity contribution in [3.05, 3.63) is 0 Å². The van der Waals surface area contributed by atoms with Crippen LogP contribution in [0.2, 0.25) is 0 Å². The van der Waals surface area contributed by atoms with Crippen LogP contribution in [-0.2, 0) is 4.74 Å². The fourth-order valence-electron chi connectivity index (χ4n) is 2.27. The van der Waals surface area contributed by atoms with Crippen LogP contribution in [0.15, 0.2) is 0 Å². The summed E-state index contributed by atoms with van der Waals surface area (Å²) in [6.07, 6.45) is 6.19. The molecule has 0 aromatic carbocycles. The maximum atomic E-state index is 9.27.